The van der Waals surface area contributed by atoms with Crippen LogP contribution in [0, 0.1) is 0 Å². The van der Waals surface area contributed by atoms with Crippen LogP contribution in [-0.4, -0.2) is 66.7 Å². The van der Waals surface area contributed by atoms with E-state index in [9.17, 15) is 14.4 Å². The standard InChI is InChI=1S/C13H21N3O3/c1-14-8-12(18)16-7-3-5-11(16)13(19)15-6-2-4-10(15)9-17/h9-11,14H,2-8H2,1H3/i2T,3T. The highest BCUT2D eigenvalue weighted by Crippen LogP contribution is 2.24. The van der Waals surface area contributed by atoms with Gasteiger partial charge in [0.15, 0.2) is 0 Å². The Hall–Kier alpha value is -1.43. The fourth-order valence-corrected chi connectivity index (χ4v) is 2.61. The van der Waals surface area contributed by atoms with Crippen LogP contribution in [0.15, 0.2) is 0 Å². The van der Waals surface area contributed by atoms with Crippen LogP contribution in [0.25, 0.3) is 0 Å². The number of nitrogens with zero attached hydrogens (tertiary/aromatic N) is 2. The van der Waals surface area contributed by atoms with Gasteiger partial charge in [-0.1, -0.05) is 0 Å². The van der Waals surface area contributed by atoms with Crippen LogP contribution in [-0.2, 0) is 14.4 Å². The topological polar surface area (TPSA) is 69.7 Å². The molecule has 0 bridgehead atoms. The van der Waals surface area contributed by atoms with Crippen molar-refractivity contribution >= 4 is 18.1 Å². The molecule has 19 heavy (non-hydrogen) atoms. The lowest BCUT2D eigenvalue weighted by molar-refractivity contribution is -0.144. The number of rotatable bonds is 4. The Kier molecular flexibility index (Phi) is 3.69. The molecule has 2 rings (SSSR count). The minimum atomic E-state index is -0.680. The molecule has 6 heteroatoms. The number of carbonyl (C=O) groups excluding carboxylic acids is 3. The zero-order valence-electron chi connectivity index (χ0n) is 13.0. The summed E-state index contributed by atoms with van der Waals surface area (Å²) in [5.41, 5.74) is 0. The fraction of sp³-hybridized carbons (Fsp3) is 0.769. The van der Waals surface area contributed by atoms with Crippen molar-refractivity contribution in [2.45, 2.75) is 37.7 Å². The highest BCUT2D eigenvalue weighted by molar-refractivity contribution is 5.90. The summed E-state index contributed by atoms with van der Waals surface area (Å²) in [7, 11) is 1.65. The largest absolute Gasteiger partial charge is 0.331 e. The number of aldehydes is 1. The molecule has 4 atom stereocenters. The summed E-state index contributed by atoms with van der Waals surface area (Å²) in [6.45, 7) is 0.574. The fourth-order valence-electron chi connectivity index (χ4n) is 2.61. The van der Waals surface area contributed by atoms with Crippen LogP contribution < -0.4 is 5.32 Å². The summed E-state index contributed by atoms with van der Waals surface area (Å²) >= 11 is 0. The van der Waals surface area contributed by atoms with E-state index in [1.54, 1.807) is 7.05 Å². The van der Waals surface area contributed by atoms with E-state index in [2.05, 4.69) is 5.32 Å². The second-order valence-electron chi connectivity index (χ2n) is 4.84. The van der Waals surface area contributed by atoms with E-state index in [0.717, 1.165) is 0 Å². The number of amides is 2. The normalized spacial score (nSPS) is 36.1. The Balaban J connectivity index is 2.12. The van der Waals surface area contributed by atoms with Crippen molar-refractivity contribution in [3.05, 3.63) is 0 Å². The number of hydrogen-bond acceptors (Lipinski definition) is 4. The third kappa shape index (κ3) is 2.78. The zero-order valence-corrected chi connectivity index (χ0v) is 11.0. The monoisotopic (exact) mass is 271 g/mol. The van der Waals surface area contributed by atoms with Crippen molar-refractivity contribution in [2.24, 2.45) is 0 Å². The maximum Gasteiger partial charge on any atom is 0.245 e. The van der Waals surface area contributed by atoms with Crippen molar-refractivity contribution in [3.63, 3.8) is 0 Å². The SMILES string of the molecule is [3H]C1CC(C=O)N(C(=O)C2CC([3H])CN2C(=O)CNC)C1. The van der Waals surface area contributed by atoms with Gasteiger partial charge in [-0.05, 0) is 32.7 Å². The van der Waals surface area contributed by atoms with Crippen molar-refractivity contribution in [2.75, 3.05) is 26.7 Å². The van der Waals surface area contributed by atoms with E-state index in [1.165, 1.54) is 9.80 Å². The number of likely N-dealkylation sites (tertiary alicyclic amines) is 2. The van der Waals surface area contributed by atoms with Gasteiger partial charge in [-0.25, -0.2) is 0 Å². The van der Waals surface area contributed by atoms with Crippen LogP contribution in [0.3, 0.4) is 0 Å². The van der Waals surface area contributed by atoms with E-state index in [-0.39, 0.29) is 31.4 Å². The Morgan fingerprint density at radius 2 is 2.00 bits per heavy atom. The van der Waals surface area contributed by atoms with E-state index >= 15 is 0 Å². The predicted octanol–water partition coefficient (Wildman–Crippen LogP) is -0.613. The van der Waals surface area contributed by atoms with Crippen molar-refractivity contribution in [1.29, 1.82) is 0 Å². The van der Waals surface area contributed by atoms with Gasteiger partial charge in [-0.2, -0.15) is 0 Å². The smallest absolute Gasteiger partial charge is 0.245 e. The molecule has 6 nitrogen and oxygen atoms in total. The van der Waals surface area contributed by atoms with E-state index < -0.39 is 24.9 Å². The first-order chi connectivity index (χ1) is 9.97. The minimum Gasteiger partial charge on any atom is -0.331 e. The average Bonchev–Trinajstić information content (AvgIpc) is 3.01. The highest BCUT2D eigenvalue weighted by atomic mass is 16.2. The highest BCUT2D eigenvalue weighted by Gasteiger charge is 2.39. The molecule has 2 heterocycles. The molecule has 0 aromatic rings. The zero-order chi connectivity index (χ0) is 15.6. The summed E-state index contributed by atoms with van der Waals surface area (Å²) in [6, 6.07) is -1.26. The van der Waals surface area contributed by atoms with Crippen molar-refractivity contribution < 1.29 is 17.1 Å². The summed E-state index contributed by atoms with van der Waals surface area (Å²) in [5.74, 6) is -0.518. The predicted molar refractivity (Wildman–Crippen MR) is 69.5 cm³/mol. The molecule has 0 aromatic carbocycles. The third-order valence-corrected chi connectivity index (χ3v) is 3.60. The third-order valence-electron chi connectivity index (χ3n) is 3.60. The molecular weight excluding hydrogens is 246 g/mol. The van der Waals surface area contributed by atoms with Gasteiger partial charge in [0.05, 0.1) is 12.6 Å². The average molecular weight is 271 g/mol. The van der Waals surface area contributed by atoms with Gasteiger partial charge in [-0.3, -0.25) is 9.59 Å². The van der Waals surface area contributed by atoms with E-state index in [4.69, 9.17) is 2.74 Å². The van der Waals surface area contributed by atoms with Crippen molar-refractivity contribution in [3.8, 4) is 0 Å². The van der Waals surface area contributed by atoms with Crippen LogP contribution in [0.5, 0.6) is 0 Å². The lowest BCUT2D eigenvalue weighted by Gasteiger charge is -2.29. The lowest BCUT2D eigenvalue weighted by atomic mass is 10.1. The van der Waals surface area contributed by atoms with Crippen LogP contribution in [0.1, 0.15) is 28.4 Å². The maximum atomic E-state index is 12.6. The molecule has 0 radical (unpaired) electrons. The Morgan fingerprint density at radius 1 is 1.32 bits per heavy atom. The molecular formula is C13H21N3O3. The second kappa shape index (κ2) is 6.14. The van der Waals surface area contributed by atoms with Crippen LogP contribution >= 0.6 is 0 Å². The van der Waals surface area contributed by atoms with Crippen LogP contribution in [0.2, 0.25) is 0 Å². The van der Waals surface area contributed by atoms with Gasteiger partial charge in [0.2, 0.25) is 11.8 Å². The van der Waals surface area contributed by atoms with E-state index in [0.29, 0.717) is 19.1 Å². The first-order valence-electron chi connectivity index (χ1n) is 7.67. The summed E-state index contributed by atoms with van der Waals surface area (Å²) in [5, 5.41) is 2.75. The first kappa shape index (κ1) is 11.4. The number of nitrogens with one attached hydrogen (secondary N) is 1. The van der Waals surface area contributed by atoms with Gasteiger partial charge in [-0.15, -0.1) is 0 Å². The molecule has 2 aliphatic rings. The molecule has 106 valence electrons. The quantitative estimate of drug-likeness (QED) is 0.692. The number of hydrogen-bond donors (Lipinski definition) is 1. The van der Waals surface area contributed by atoms with Gasteiger partial charge in [0, 0.05) is 15.8 Å². The molecule has 2 saturated heterocycles. The molecule has 0 aliphatic carbocycles. The molecule has 0 spiro atoms. The Morgan fingerprint density at radius 3 is 2.68 bits per heavy atom. The summed E-state index contributed by atoms with van der Waals surface area (Å²) in [6.07, 6.45) is 0.386. The second-order valence-corrected chi connectivity index (χ2v) is 4.84. The summed E-state index contributed by atoms with van der Waals surface area (Å²) < 4.78 is 15.5. The molecule has 4 unspecified atom stereocenters. The minimum absolute atomic E-state index is 0.120. The molecule has 2 aliphatic heterocycles. The number of carbonyl (C=O) groups is 3. The maximum absolute atomic E-state index is 12.6. The molecule has 2 amide bonds. The van der Waals surface area contributed by atoms with Gasteiger partial charge in [0.1, 0.15) is 12.3 Å². The van der Waals surface area contributed by atoms with Gasteiger partial charge in [0.25, 0.3) is 0 Å². The van der Waals surface area contributed by atoms with Crippen molar-refractivity contribution in [1.82, 2.24) is 15.1 Å². The Bertz CT molecular complexity index is 435. The first-order valence-corrected chi connectivity index (χ1v) is 6.52. The number of likely N-dealkylation sites (N-methyl/N-ethyl adjacent to an activating group) is 1. The summed E-state index contributed by atoms with van der Waals surface area (Å²) in [4.78, 5) is 38.5. The molecule has 2 fully saturated rings. The van der Waals surface area contributed by atoms with Gasteiger partial charge >= 0.3 is 0 Å². The lowest BCUT2D eigenvalue weighted by Crippen LogP contribution is -2.51. The Labute approximate surface area is 115 Å². The molecule has 0 saturated carbocycles. The van der Waals surface area contributed by atoms with E-state index in [1.807, 2.05) is 0 Å². The van der Waals surface area contributed by atoms with Gasteiger partial charge < -0.3 is 19.9 Å². The molecule has 1 N–H and O–H groups in total. The van der Waals surface area contributed by atoms with Crippen LogP contribution in [0.4, 0.5) is 0 Å². The molecule has 0 aromatic heterocycles.